The van der Waals surface area contributed by atoms with Crippen LogP contribution >= 0.6 is 15.9 Å². The van der Waals surface area contributed by atoms with E-state index in [9.17, 15) is 4.79 Å². The van der Waals surface area contributed by atoms with E-state index in [2.05, 4.69) is 26.4 Å². The van der Waals surface area contributed by atoms with Gasteiger partial charge in [-0.2, -0.15) is 0 Å². The highest BCUT2D eigenvalue weighted by Crippen LogP contribution is 2.32. The van der Waals surface area contributed by atoms with Crippen LogP contribution < -0.4 is 5.32 Å². The number of aryl methyl sites for hydroxylation is 1. The van der Waals surface area contributed by atoms with Crippen molar-refractivity contribution in [3.8, 4) is 11.3 Å². The van der Waals surface area contributed by atoms with Gasteiger partial charge in [-0.25, -0.2) is 4.79 Å². The Morgan fingerprint density at radius 2 is 2.08 bits per heavy atom. The van der Waals surface area contributed by atoms with E-state index < -0.39 is 54.8 Å². The summed E-state index contributed by atoms with van der Waals surface area (Å²) in [6.45, 7) is -1.91. The number of nitrogens with zero attached hydrogens (tertiary/aromatic N) is 1. The second kappa shape index (κ2) is 7.53. The third kappa shape index (κ3) is 4.09. The van der Waals surface area contributed by atoms with Crippen LogP contribution in [0.5, 0.6) is 0 Å². The number of hydrogen-bond donors (Lipinski definition) is 1. The number of halogens is 1. The first-order valence-corrected chi connectivity index (χ1v) is 7.78. The zero-order valence-corrected chi connectivity index (χ0v) is 14.4. The van der Waals surface area contributed by atoms with E-state index >= 15 is 0 Å². The number of amides is 1. The number of ether oxygens (including phenoxy) is 1. The Hall–Kier alpha value is -2.60. The standard InChI is InChI=1S/C19H17BrN2O3/c1-12-17(18(25-22-12)15-8-10-16(20)11-9-15)21-19(23)24-13(2)14-6-4-3-5-7-14/h3-11,13H,1-2H3,(H,21,23)/i2D3,3D,4D,5D,6D,7D,13D. The largest absolute Gasteiger partial charge is 0.441 e. The second-order valence-corrected chi connectivity index (χ2v) is 5.74. The Balaban J connectivity index is 2.03. The third-order valence-corrected chi connectivity index (χ3v) is 3.65. The van der Waals surface area contributed by atoms with Crippen molar-refractivity contribution >= 4 is 27.7 Å². The number of nitrogens with one attached hydrogen (secondary N) is 1. The normalized spacial score (nSPS) is 18.7. The van der Waals surface area contributed by atoms with Crippen LogP contribution in [0.15, 0.2) is 63.5 Å². The van der Waals surface area contributed by atoms with Crippen LogP contribution in [0.4, 0.5) is 10.5 Å². The lowest BCUT2D eigenvalue weighted by atomic mass is 10.1. The van der Waals surface area contributed by atoms with Gasteiger partial charge in [-0.3, -0.25) is 5.32 Å². The van der Waals surface area contributed by atoms with Crippen LogP contribution in [0.3, 0.4) is 0 Å². The highest BCUT2D eigenvalue weighted by atomic mass is 79.9. The third-order valence-electron chi connectivity index (χ3n) is 3.12. The average molecular weight is 410 g/mol. The van der Waals surface area contributed by atoms with E-state index in [1.165, 1.54) is 6.92 Å². The highest BCUT2D eigenvalue weighted by Gasteiger charge is 2.19. The molecule has 1 atom stereocenters. The first-order valence-electron chi connectivity index (χ1n) is 11.5. The van der Waals surface area contributed by atoms with E-state index in [0.29, 0.717) is 5.56 Å². The van der Waals surface area contributed by atoms with Crippen molar-refractivity contribution in [2.45, 2.75) is 19.9 Å². The molecule has 1 aromatic heterocycles. The molecule has 0 radical (unpaired) electrons. The quantitative estimate of drug-likeness (QED) is 0.597. The molecule has 5 nitrogen and oxygen atoms in total. The molecule has 1 N–H and O–H groups in total. The van der Waals surface area contributed by atoms with Gasteiger partial charge < -0.3 is 9.26 Å². The maximum Gasteiger partial charge on any atom is 0.412 e. The Labute approximate surface area is 166 Å². The number of carbonyl (C=O) groups excluding carboxylic acids is 1. The molecule has 6 heteroatoms. The van der Waals surface area contributed by atoms with E-state index in [0.717, 1.165) is 4.47 Å². The molecule has 0 aliphatic rings. The van der Waals surface area contributed by atoms with Gasteiger partial charge in [0, 0.05) is 14.1 Å². The summed E-state index contributed by atoms with van der Waals surface area (Å²) in [5.41, 5.74) is -0.204. The Morgan fingerprint density at radius 1 is 1.36 bits per heavy atom. The van der Waals surface area contributed by atoms with Crippen molar-refractivity contribution in [2.24, 2.45) is 0 Å². The molecule has 1 unspecified atom stereocenters. The summed E-state index contributed by atoms with van der Waals surface area (Å²) in [4.78, 5) is 12.8. The molecule has 3 aromatic rings. The summed E-state index contributed by atoms with van der Waals surface area (Å²) in [7, 11) is 0. The Bertz CT molecular complexity index is 1230. The minimum atomic E-state index is -3.42. The lowest BCUT2D eigenvalue weighted by Gasteiger charge is -2.14. The fourth-order valence-corrected chi connectivity index (χ4v) is 2.21. The van der Waals surface area contributed by atoms with Crippen molar-refractivity contribution in [1.82, 2.24) is 5.16 Å². The van der Waals surface area contributed by atoms with Crippen molar-refractivity contribution in [1.29, 1.82) is 0 Å². The lowest BCUT2D eigenvalue weighted by Crippen LogP contribution is -2.16. The number of benzene rings is 2. The van der Waals surface area contributed by atoms with Gasteiger partial charge in [0.2, 0.25) is 0 Å². The first kappa shape index (κ1) is 9.20. The van der Waals surface area contributed by atoms with Gasteiger partial charge in [0.15, 0.2) is 5.76 Å². The molecule has 3 rings (SSSR count). The zero-order valence-electron chi connectivity index (χ0n) is 21.9. The molecule has 2 aromatic carbocycles. The molecular formula is C19H17BrN2O3. The topological polar surface area (TPSA) is 64.4 Å². The van der Waals surface area contributed by atoms with Gasteiger partial charge in [-0.05, 0) is 43.6 Å². The summed E-state index contributed by atoms with van der Waals surface area (Å²) in [6.07, 6.45) is -4.75. The fourth-order valence-electron chi connectivity index (χ4n) is 1.95. The van der Waals surface area contributed by atoms with Crippen LogP contribution in [-0.4, -0.2) is 11.2 Å². The molecule has 0 spiro atoms. The number of carbonyl (C=O) groups is 1. The molecular weight excluding hydrogens is 384 g/mol. The van der Waals surface area contributed by atoms with Crippen LogP contribution in [0.25, 0.3) is 11.3 Å². The predicted octanol–water partition coefficient (Wildman–Crippen LogP) is 5.72. The van der Waals surface area contributed by atoms with E-state index in [4.69, 9.17) is 21.6 Å². The lowest BCUT2D eigenvalue weighted by molar-refractivity contribution is 0.121. The van der Waals surface area contributed by atoms with Crippen LogP contribution in [0, 0.1) is 6.92 Å². The van der Waals surface area contributed by atoms with E-state index in [1.54, 1.807) is 24.3 Å². The predicted molar refractivity (Wildman–Crippen MR) is 99.3 cm³/mol. The van der Waals surface area contributed by atoms with Gasteiger partial charge in [0.05, 0.1) is 8.22 Å². The molecule has 25 heavy (non-hydrogen) atoms. The van der Waals surface area contributed by atoms with E-state index in [1.807, 2.05) is 0 Å². The molecule has 0 saturated heterocycles. The van der Waals surface area contributed by atoms with Crippen LogP contribution in [-0.2, 0) is 4.74 Å². The minimum Gasteiger partial charge on any atom is -0.441 e. The van der Waals surface area contributed by atoms with Gasteiger partial charge in [-0.15, -0.1) is 0 Å². The van der Waals surface area contributed by atoms with Gasteiger partial charge >= 0.3 is 6.09 Å². The van der Waals surface area contributed by atoms with Crippen LogP contribution in [0.2, 0.25) is 0 Å². The summed E-state index contributed by atoms with van der Waals surface area (Å²) >= 11 is 3.30. The van der Waals surface area contributed by atoms with Gasteiger partial charge in [-0.1, -0.05) is 51.3 Å². The number of hydrogen-bond acceptors (Lipinski definition) is 4. The molecule has 0 aliphatic carbocycles. The monoisotopic (exact) mass is 409 g/mol. The number of aromatic nitrogens is 1. The summed E-state index contributed by atoms with van der Waals surface area (Å²) < 4.78 is 82.0. The molecule has 0 aliphatic heterocycles. The molecule has 1 heterocycles. The SMILES string of the molecule is [2H]c1c([2H])c([2H])c(C([2H])(OC(=O)Nc2c(C)noc2-c2ccc(Br)cc2)C([2H])([2H])[2H])c([2H])c1[2H]. The van der Waals surface area contributed by atoms with Crippen molar-refractivity contribution in [3.05, 3.63) is 70.2 Å². The second-order valence-electron chi connectivity index (χ2n) is 4.82. The maximum absolute atomic E-state index is 12.8. The smallest absolute Gasteiger partial charge is 0.412 e. The maximum atomic E-state index is 12.8. The Morgan fingerprint density at radius 3 is 2.76 bits per heavy atom. The summed E-state index contributed by atoms with van der Waals surface area (Å²) in [6, 6.07) is 2.32. The molecule has 0 saturated carbocycles. The molecule has 0 fully saturated rings. The van der Waals surface area contributed by atoms with Crippen molar-refractivity contribution < 1.29 is 26.4 Å². The van der Waals surface area contributed by atoms with Crippen molar-refractivity contribution in [2.75, 3.05) is 5.32 Å². The first-order chi connectivity index (χ1) is 15.7. The van der Waals surface area contributed by atoms with Gasteiger partial charge in [0.1, 0.15) is 17.5 Å². The van der Waals surface area contributed by atoms with Gasteiger partial charge in [0.25, 0.3) is 0 Å². The number of anilines is 1. The van der Waals surface area contributed by atoms with Crippen molar-refractivity contribution in [3.63, 3.8) is 0 Å². The fraction of sp³-hybridized carbons (Fsp3) is 0.158. The Kier molecular flexibility index (Phi) is 2.77. The molecule has 128 valence electrons. The highest BCUT2D eigenvalue weighted by molar-refractivity contribution is 9.10. The summed E-state index contributed by atoms with van der Waals surface area (Å²) in [5, 5.41) is 6.08. The number of rotatable bonds is 4. The minimum absolute atomic E-state index is 0.0428. The van der Waals surface area contributed by atoms with Crippen LogP contribution in [0.1, 0.15) is 36.5 Å². The molecule has 1 amide bonds. The average Bonchev–Trinajstić information content (AvgIpc) is 3.10. The van der Waals surface area contributed by atoms with E-state index in [-0.39, 0.29) is 17.1 Å². The molecule has 0 bridgehead atoms. The summed E-state index contributed by atoms with van der Waals surface area (Å²) in [5.74, 6) is 0.134. The zero-order chi connectivity index (χ0) is 25.6.